The fourth-order valence-electron chi connectivity index (χ4n) is 6.01. The Morgan fingerprint density at radius 3 is 2.00 bits per heavy atom. The monoisotopic (exact) mass is 555 g/mol. The summed E-state index contributed by atoms with van der Waals surface area (Å²) in [5, 5.41) is 5.86. The van der Waals surface area contributed by atoms with Gasteiger partial charge in [0.15, 0.2) is 11.6 Å². The van der Waals surface area contributed by atoms with E-state index in [0.29, 0.717) is 17.6 Å². The molecule has 5 aromatic carbocycles. The van der Waals surface area contributed by atoms with Gasteiger partial charge in [0.25, 0.3) is 0 Å². The second kappa shape index (κ2) is 9.03. The average molecular weight is 556 g/mol. The molecule has 0 atom stereocenters. The van der Waals surface area contributed by atoms with Crippen LogP contribution in [0.4, 0.5) is 0 Å². The van der Waals surface area contributed by atoms with E-state index >= 15 is 0 Å². The lowest BCUT2D eigenvalue weighted by Gasteiger charge is -2.11. The van der Waals surface area contributed by atoms with Gasteiger partial charge in [0.05, 0.1) is 21.3 Å². The highest BCUT2D eigenvalue weighted by molar-refractivity contribution is 7.26. The number of aromatic nitrogens is 5. The molecule has 0 saturated heterocycles. The Kier molecular flexibility index (Phi) is 5.00. The van der Waals surface area contributed by atoms with Crippen LogP contribution in [0.25, 0.3) is 81.6 Å². The summed E-state index contributed by atoms with van der Waals surface area (Å²) >= 11 is 1.80. The van der Waals surface area contributed by atoms with Crippen LogP contribution in [0.5, 0.6) is 0 Å². The summed E-state index contributed by atoms with van der Waals surface area (Å²) in [6, 6.07) is 41.7. The van der Waals surface area contributed by atoms with Crippen LogP contribution in [-0.4, -0.2) is 24.5 Å². The molecule has 0 aliphatic carbocycles. The number of hydrogen-bond donors (Lipinski definition) is 0. The van der Waals surface area contributed by atoms with Gasteiger partial charge < -0.3 is 0 Å². The molecule has 42 heavy (non-hydrogen) atoms. The van der Waals surface area contributed by atoms with E-state index < -0.39 is 0 Å². The molecule has 0 spiro atoms. The smallest absolute Gasteiger partial charge is 0.238 e. The Morgan fingerprint density at radius 2 is 1.24 bits per heavy atom. The third kappa shape index (κ3) is 3.42. The van der Waals surface area contributed by atoms with Crippen molar-refractivity contribution in [3.05, 3.63) is 128 Å². The first-order chi connectivity index (χ1) is 20.8. The lowest BCUT2D eigenvalue weighted by atomic mass is 10.1. The van der Waals surface area contributed by atoms with Gasteiger partial charge in [-0.2, -0.15) is 9.97 Å². The number of pyridine rings is 1. The number of para-hydroxylation sites is 1. The van der Waals surface area contributed by atoms with Crippen molar-refractivity contribution in [2.24, 2.45) is 0 Å². The number of fused-ring (bicyclic) bond motifs is 9. The van der Waals surface area contributed by atoms with Gasteiger partial charge in [0.1, 0.15) is 0 Å². The van der Waals surface area contributed by atoms with E-state index in [0.717, 1.165) is 38.4 Å². The summed E-state index contributed by atoms with van der Waals surface area (Å²) in [5.74, 6) is 1.88. The molecule has 0 fully saturated rings. The van der Waals surface area contributed by atoms with E-state index in [1.165, 1.54) is 25.6 Å². The maximum Gasteiger partial charge on any atom is 0.238 e. The summed E-state index contributed by atoms with van der Waals surface area (Å²) in [5.41, 5.74) is 5.08. The minimum atomic E-state index is 0.599. The largest absolute Gasteiger partial charge is 0.276 e. The zero-order valence-corrected chi connectivity index (χ0v) is 23.1. The van der Waals surface area contributed by atoms with E-state index in [-0.39, 0.29) is 0 Å². The second-order valence-electron chi connectivity index (χ2n) is 10.3. The number of thiophene rings is 1. The number of rotatable bonds is 3. The number of hydrogen-bond acceptors (Lipinski definition) is 5. The molecule has 0 saturated carbocycles. The summed E-state index contributed by atoms with van der Waals surface area (Å²) in [7, 11) is 0. The van der Waals surface area contributed by atoms with Gasteiger partial charge in [-0.05, 0) is 18.2 Å². The molecule has 4 heterocycles. The molecule has 0 amide bonds. The van der Waals surface area contributed by atoms with Crippen molar-refractivity contribution in [3.8, 4) is 28.7 Å². The molecular weight excluding hydrogens is 534 g/mol. The molecule has 4 aromatic heterocycles. The molecule has 5 nitrogen and oxygen atoms in total. The van der Waals surface area contributed by atoms with Crippen LogP contribution < -0.4 is 0 Å². The minimum Gasteiger partial charge on any atom is -0.276 e. The van der Waals surface area contributed by atoms with Gasteiger partial charge >= 0.3 is 0 Å². The topological polar surface area (TPSA) is 56.5 Å². The normalized spacial score (nSPS) is 11.8. The summed E-state index contributed by atoms with van der Waals surface area (Å²) in [6.45, 7) is 0. The van der Waals surface area contributed by atoms with E-state index in [1.807, 2.05) is 72.9 Å². The molecule has 9 rings (SSSR count). The molecule has 0 N–H and O–H groups in total. The second-order valence-corrected chi connectivity index (χ2v) is 11.4. The van der Waals surface area contributed by atoms with Crippen LogP contribution in [0.1, 0.15) is 0 Å². The van der Waals surface area contributed by atoms with Crippen molar-refractivity contribution in [2.45, 2.75) is 0 Å². The van der Waals surface area contributed by atoms with Gasteiger partial charge in [0, 0.05) is 49.0 Å². The molecule has 0 unspecified atom stereocenters. The highest BCUT2D eigenvalue weighted by Crippen LogP contribution is 2.44. The third-order valence-electron chi connectivity index (χ3n) is 7.90. The first kappa shape index (κ1) is 23.3. The first-order valence-electron chi connectivity index (χ1n) is 13.8. The molecule has 0 bridgehead atoms. The molecular formula is C36H21N5S. The lowest BCUT2D eigenvalue weighted by Crippen LogP contribution is -2.06. The number of nitrogens with zero attached hydrogens (tertiary/aromatic N) is 5. The Morgan fingerprint density at radius 1 is 0.548 bits per heavy atom. The van der Waals surface area contributed by atoms with Crippen LogP contribution in [-0.2, 0) is 0 Å². The van der Waals surface area contributed by atoms with Crippen LogP contribution >= 0.6 is 11.3 Å². The molecule has 9 aromatic rings. The van der Waals surface area contributed by atoms with Gasteiger partial charge in [-0.15, -0.1) is 11.3 Å². The Bertz CT molecular complexity index is 2400. The zero-order chi connectivity index (χ0) is 27.6. The first-order valence-corrected chi connectivity index (χ1v) is 14.6. The molecule has 0 aliphatic heterocycles. The van der Waals surface area contributed by atoms with Crippen LogP contribution in [0, 0.1) is 0 Å². The summed E-state index contributed by atoms with van der Waals surface area (Å²) in [4.78, 5) is 20.0. The van der Waals surface area contributed by atoms with E-state index in [2.05, 4.69) is 59.2 Å². The SMILES string of the molecule is c1ccc(-c2nc(-c3ccccc3)nc(-n3c4ccccc4c4ccc5c(sc6ccc7cccnc7c65)c43)n2)cc1. The summed E-state index contributed by atoms with van der Waals surface area (Å²) < 4.78 is 4.63. The van der Waals surface area contributed by atoms with Crippen molar-refractivity contribution < 1.29 is 0 Å². The van der Waals surface area contributed by atoms with Crippen molar-refractivity contribution in [2.75, 3.05) is 0 Å². The van der Waals surface area contributed by atoms with Crippen LogP contribution in [0.3, 0.4) is 0 Å². The maximum absolute atomic E-state index is 5.12. The Labute approximate surface area is 244 Å². The van der Waals surface area contributed by atoms with Crippen molar-refractivity contribution in [1.29, 1.82) is 0 Å². The van der Waals surface area contributed by atoms with Crippen molar-refractivity contribution in [3.63, 3.8) is 0 Å². The quantitative estimate of drug-likeness (QED) is 0.218. The van der Waals surface area contributed by atoms with Gasteiger partial charge in [-0.25, -0.2) is 4.98 Å². The highest BCUT2D eigenvalue weighted by Gasteiger charge is 2.21. The Hall–Kier alpha value is -5.46. The van der Waals surface area contributed by atoms with E-state index in [4.69, 9.17) is 19.9 Å². The lowest BCUT2D eigenvalue weighted by molar-refractivity contribution is 0.955. The van der Waals surface area contributed by atoms with Crippen molar-refractivity contribution >= 4 is 64.2 Å². The van der Waals surface area contributed by atoms with Crippen molar-refractivity contribution in [1.82, 2.24) is 24.5 Å². The average Bonchev–Trinajstić information content (AvgIpc) is 3.62. The zero-order valence-electron chi connectivity index (χ0n) is 22.3. The molecule has 0 radical (unpaired) electrons. The van der Waals surface area contributed by atoms with Gasteiger partial charge in [-0.1, -0.05) is 103 Å². The summed E-state index contributed by atoms with van der Waals surface area (Å²) in [6.07, 6.45) is 1.88. The predicted octanol–water partition coefficient (Wildman–Crippen LogP) is 9.22. The van der Waals surface area contributed by atoms with Crippen LogP contribution in [0.15, 0.2) is 128 Å². The van der Waals surface area contributed by atoms with Gasteiger partial charge in [-0.3, -0.25) is 9.55 Å². The highest BCUT2D eigenvalue weighted by atomic mass is 32.1. The third-order valence-corrected chi connectivity index (χ3v) is 9.07. The fourth-order valence-corrected chi connectivity index (χ4v) is 7.26. The molecule has 196 valence electrons. The number of benzene rings is 5. The minimum absolute atomic E-state index is 0.599. The van der Waals surface area contributed by atoms with Crippen LogP contribution in [0.2, 0.25) is 0 Å². The van der Waals surface area contributed by atoms with E-state index in [9.17, 15) is 0 Å². The Balaban J connectivity index is 1.44. The fraction of sp³-hybridized carbons (Fsp3) is 0. The van der Waals surface area contributed by atoms with Gasteiger partial charge in [0.2, 0.25) is 5.95 Å². The maximum atomic E-state index is 5.12. The molecule has 6 heteroatoms. The standard InChI is InChI=1S/C36H21N5S/c1-3-10-23(11-4-1)34-38-35(24-12-5-2-6-13-24)40-36(39-34)41-28-16-8-7-15-25(28)26-18-19-27-30-29(42-33(27)32(26)41)20-17-22-14-9-21-37-31(22)30/h1-21H. The van der Waals surface area contributed by atoms with E-state index in [1.54, 1.807) is 11.3 Å². The predicted molar refractivity (Wildman–Crippen MR) is 173 cm³/mol. The molecule has 0 aliphatic rings.